The van der Waals surface area contributed by atoms with Gasteiger partial charge in [0.15, 0.2) is 11.5 Å². The highest BCUT2D eigenvalue weighted by Crippen LogP contribution is 2.47. The third-order valence-corrected chi connectivity index (χ3v) is 11.2. The third-order valence-electron chi connectivity index (χ3n) is 9.52. The number of anilines is 1. The van der Waals surface area contributed by atoms with Crippen molar-refractivity contribution in [3.05, 3.63) is 84.4 Å². The molecule has 3 saturated carbocycles. The fourth-order valence-electron chi connectivity index (χ4n) is 7.09. The van der Waals surface area contributed by atoms with Gasteiger partial charge >= 0.3 is 5.97 Å². The second-order valence-corrected chi connectivity index (χ2v) is 14.1. The number of ether oxygens (including phenoxy) is 2. The highest BCUT2D eigenvalue weighted by molar-refractivity contribution is 7.90. The number of hydrogen-bond donors (Lipinski definition) is 1. The number of esters is 1. The van der Waals surface area contributed by atoms with Crippen molar-refractivity contribution < 1.29 is 27.1 Å². The van der Waals surface area contributed by atoms with Gasteiger partial charge in [0.2, 0.25) is 0 Å². The van der Waals surface area contributed by atoms with Crippen LogP contribution >= 0.6 is 0 Å². The lowest BCUT2D eigenvalue weighted by atomic mass is 9.61. The van der Waals surface area contributed by atoms with Gasteiger partial charge in [0.1, 0.15) is 17.4 Å². The average Bonchev–Trinajstić information content (AvgIpc) is 3.48. The molecule has 12 heteroatoms. The molecule has 5 aromatic rings. The van der Waals surface area contributed by atoms with E-state index >= 15 is 0 Å². The fourth-order valence-corrected chi connectivity index (χ4v) is 8.42. The van der Waals surface area contributed by atoms with E-state index in [4.69, 9.17) is 19.4 Å². The van der Waals surface area contributed by atoms with Crippen LogP contribution in [-0.4, -0.2) is 53.6 Å². The molecule has 3 aromatic heterocycles. The van der Waals surface area contributed by atoms with E-state index in [1.807, 2.05) is 37.3 Å². The minimum Gasteiger partial charge on any atom is -0.497 e. The van der Waals surface area contributed by atoms with Gasteiger partial charge in [0.05, 0.1) is 36.9 Å². The van der Waals surface area contributed by atoms with Crippen LogP contribution in [0.25, 0.3) is 33.7 Å². The zero-order valence-corrected chi connectivity index (χ0v) is 27.0. The van der Waals surface area contributed by atoms with Gasteiger partial charge in [-0.3, -0.25) is 4.79 Å². The lowest BCUT2D eigenvalue weighted by Gasteiger charge is -2.47. The number of halogens is 1. The first-order valence-electron chi connectivity index (χ1n) is 15.5. The molecule has 10 nitrogen and oxygen atoms in total. The van der Waals surface area contributed by atoms with Gasteiger partial charge in [-0.1, -0.05) is 17.7 Å². The number of nitrogens with zero attached hydrogens (tertiary/aromatic N) is 4. The number of aryl methyl sites for hydroxylation is 1. The maximum atomic E-state index is 14.7. The third kappa shape index (κ3) is 5.60. The van der Waals surface area contributed by atoms with Crippen LogP contribution in [-0.2, 0) is 19.6 Å². The summed E-state index contributed by atoms with van der Waals surface area (Å²) in [6.45, 7) is 1.87. The van der Waals surface area contributed by atoms with Crippen LogP contribution in [0, 0.1) is 30.5 Å². The van der Waals surface area contributed by atoms with Crippen molar-refractivity contribution in [2.24, 2.45) is 17.8 Å². The number of carbonyl (C=O) groups is 1. The largest absolute Gasteiger partial charge is 0.497 e. The van der Waals surface area contributed by atoms with Gasteiger partial charge in [0, 0.05) is 34.8 Å². The van der Waals surface area contributed by atoms with Crippen molar-refractivity contribution in [3.8, 4) is 28.4 Å². The molecular formula is C35H34FN5O5S. The Bertz CT molecular complexity index is 2070. The van der Waals surface area contributed by atoms with E-state index in [0.717, 1.165) is 47.0 Å². The minimum absolute atomic E-state index is 0.0466. The molecule has 0 radical (unpaired) electrons. The molecule has 0 spiro atoms. The van der Waals surface area contributed by atoms with Crippen molar-refractivity contribution in [3.63, 3.8) is 0 Å². The van der Waals surface area contributed by atoms with Gasteiger partial charge in [-0.2, -0.15) is 0 Å². The predicted octanol–water partition coefficient (Wildman–Crippen LogP) is 6.24. The number of nitrogens with one attached hydrogen (secondary N) is 1. The van der Waals surface area contributed by atoms with Crippen molar-refractivity contribution in [2.45, 2.75) is 43.5 Å². The van der Waals surface area contributed by atoms with Crippen molar-refractivity contribution in [2.75, 3.05) is 19.5 Å². The number of fused-ring (bicyclic) bond motifs is 4. The Hall–Kier alpha value is -4.84. The van der Waals surface area contributed by atoms with Crippen molar-refractivity contribution in [1.82, 2.24) is 18.9 Å². The van der Waals surface area contributed by atoms with Crippen LogP contribution in [0.2, 0.25) is 0 Å². The van der Waals surface area contributed by atoms with E-state index in [9.17, 15) is 17.6 Å². The molecule has 2 atom stereocenters. The summed E-state index contributed by atoms with van der Waals surface area (Å²) in [5, 5.41) is 3.80. The summed E-state index contributed by atoms with van der Waals surface area (Å²) in [5.74, 6) is 0.575. The molecule has 3 heterocycles. The molecule has 0 amide bonds. The Morgan fingerprint density at radius 1 is 0.957 bits per heavy atom. The quantitative estimate of drug-likeness (QED) is 0.193. The maximum Gasteiger partial charge on any atom is 0.311 e. The van der Waals surface area contributed by atoms with E-state index in [-0.39, 0.29) is 57.1 Å². The Morgan fingerprint density at radius 3 is 2.34 bits per heavy atom. The van der Waals surface area contributed by atoms with Crippen LogP contribution in [0.3, 0.4) is 0 Å². The summed E-state index contributed by atoms with van der Waals surface area (Å²) in [7, 11) is -1.11. The van der Waals surface area contributed by atoms with Gasteiger partial charge in [-0.25, -0.2) is 31.7 Å². The van der Waals surface area contributed by atoms with Gasteiger partial charge in [-0.15, -0.1) is 0 Å². The van der Waals surface area contributed by atoms with Gasteiger partial charge in [0.25, 0.3) is 10.0 Å². The monoisotopic (exact) mass is 655 g/mol. The molecule has 0 saturated heterocycles. The minimum atomic E-state index is -4.12. The van der Waals surface area contributed by atoms with Crippen molar-refractivity contribution >= 4 is 32.8 Å². The number of aromatic nitrogens is 4. The smallest absolute Gasteiger partial charge is 0.311 e. The Balaban J connectivity index is 1.39. The summed E-state index contributed by atoms with van der Waals surface area (Å²) in [4.78, 5) is 27.0. The van der Waals surface area contributed by atoms with Crippen LogP contribution in [0.5, 0.6) is 5.75 Å². The highest BCUT2D eigenvalue weighted by atomic mass is 32.2. The van der Waals surface area contributed by atoms with Crippen LogP contribution < -0.4 is 10.1 Å². The van der Waals surface area contributed by atoms with E-state index in [1.54, 1.807) is 19.2 Å². The highest BCUT2D eigenvalue weighted by Gasteiger charge is 2.48. The molecule has 0 aliphatic heterocycles. The molecule has 47 heavy (non-hydrogen) atoms. The summed E-state index contributed by atoms with van der Waals surface area (Å²) in [6.07, 6.45) is 6.32. The number of methoxy groups -OCH3 is 2. The molecule has 2 aromatic carbocycles. The van der Waals surface area contributed by atoms with E-state index < -0.39 is 15.8 Å². The Kier molecular flexibility index (Phi) is 7.91. The number of carbonyl (C=O) groups excluding carboxylic acids is 1. The first kappa shape index (κ1) is 30.8. The molecule has 2 bridgehead atoms. The number of pyridine rings is 1. The summed E-state index contributed by atoms with van der Waals surface area (Å²) >= 11 is 0. The van der Waals surface area contributed by atoms with Crippen LogP contribution in [0.1, 0.15) is 31.2 Å². The number of hydrogen-bond acceptors (Lipinski definition) is 9. The molecule has 3 aliphatic carbocycles. The lowest BCUT2D eigenvalue weighted by molar-refractivity contribution is -0.152. The first-order valence-corrected chi connectivity index (χ1v) is 17.0. The van der Waals surface area contributed by atoms with Gasteiger partial charge in [-0.05, 0) is 86.9 Å². The predicted molar refractivity (Wildman–Crippen MR) is 175 cm³/mol. The first-order chi connectivity index (χ1) is 22.7. The maximum absolute atomic E-state index is 14.7. The van der Waals surface area contributed by atoms with E-state index in [2.05, 4.69) is 10.3 Å². The SMILES string of the molecule is COC(=O)C1C2CCC(CC2)C1Nc1cc(-c2ccc(OC)cc2)nc(-c2cn(S(=O)(=O)c3ccc(C)cc3)c3ncc(F)cc23)n1. The van der Waals surface area contributed by atoms with Crippen LogP contribution in [0.4, 0.5) is 10.2 Å². The molecule has 1 N–H and O–H groups in total. The second kappa shape index (κ2) is 12.1. The molecule has 242 valence electrons. The molecule has 3 fully saturated rings. The summed E-state index contributed by atoms with van der Waals surface area (Å²) < 4.78 is 54.1. The average molecular weight is 656 g/mol. The standard InChI is InChI=1S/C35H34FN5O5S/c1-20-4-14-26(15-5-20)47(43,44)41-19-28(27-16-24(36)18-37-34(27)41)33-38-29(21-10-12-25(45-2)13-11-21)17-30(40-33)39-32-23-8-6-22(7-9-23)31(32)35(42)46-3/h4-5,10-19,22-23,31-32H,6-9H2,1-3H3,(H,38,39,40). The fraction of sp³-hybridized carbons (Fsp3) is 0.314. The number of benzene rings is 2. The molecule has 3 aliphatic rings. The Morgan fingerprint density at radius 2 is 1.66 bits per heavy atom. The zero-order chi connectivity index (χ0) is 32.9. The Labute approximate surface area is 272 Å². The van der Waals surface area contributed by atoms with Gasteiger partial charge < -0.3 is 14.8 Å². The zero-order valence-electron chi connectivity index (χ0n) is 26.2. The summed E-state index contributed by atoms with van der Waals surface area (Å²) in [5.41, 5.74) is 2.54. The molecule has 8 rings (SSSR count). The van der Waals surface area contributed by atoms with E-state index in [1.165, 1.54) is 31.5 Å². The number of rotatable bonds is 8. The van der Waals surface area contributed by atoms with Crippen molar-refractivity contribution in [1.29, 1.82) is 0 Å². The molecular weight excluding hydrogens is 621 g/mol. The van der Waals surface area contributed by atoms with E-state index in [0.29, 0.717) is 17.3 Å². The molecule has 2 unspecified atom stereocenters. The lowest BCUT2D eigenvalue weighted by Crippen LogP contribution is -2.51. The topological polar surface area (TPSA) is 125 Å². The van der Waals surface area contributed by atoms with Crippen LogP contribution in [0.15, 0.2) is 78.0 Å². The second-order valence-electron chi connectivity index (χ2n) is 12.3. The summed E-state index contributed by atoms with van der Waals surface area (Å²) in [6, 6.07) is 16.7. The normalized spacial score (nSPS) is 20.7.